The number of nitrogens with one attached hydrogen (secondary N) is 2. The minimum Gasteiger partial charge on any atom is -0.376 e. The monoisotopic (exact) mass is 225 g/mol. The van der Waals surface area contributed by atoms with Crippen molar-refractivity contribution in [1.82, 2.24) is 5.48 Å². The summed E-state index contributed by atoms with van der Waals surface area (Å²) in [5, 5.41) is 2.93. The lowest BCUT2D eigenvalue weighted by Gasteiger charge is -2.05. The minimum absolute atomic E-state index is 0.184. The Balaban J connectivity index is 2.71. The molecule has 0 spiro atoms. The Morgan fingerprint density at radius 1 is 1.40 bits per heavy atom. The number of benzene rings is 1. The molecule has 1 aromatic carbocycles. The molecular weight excluding hydrogens is 214 g/mol. The maximum Gasteiger partial charge on any atom is 0.274 e. The highest BCUT2D eigenvalue weighted by Crippen LogP contribution is 2.08. The molecule has 0 aliphatic heterocycles. The van der Waals surface area contributed by atoms with Crippen LogP contribution in [0.4, 0.5) is 5.69 Å². The maximum atomic E-state index is 11.3. The van der Waals surface area contributed by atoms with E-state index in [0.29, 0.717) is 5.56 Å². The van der Waals surface area contributed by atoms with E-state index >= 15 is 0 Å². The fourth-order valence-electron chi connectivity index (χ4n) is 0.999. The quantitative estimate of drug-likeness (QED) is 0.519. The van der Waals surface area contributed by atoms with Crippen LogP contribution in [0.2, 0.25) is 0 Å². The van der Waals surface area contributed by atoms with Crippen molar-refractivity contribution in [3.05, 3.63) is 29.8 Å². The molecule has 0 heterocycles. The molecule has 1 rings (SSSR count). The van der Waals surface area contributed by atoms with Gasteiger partial charge in [-0.25, -0.2) is 5.48 Å². The summed E-state index contributed by atoms with van der Waals surface area (Å²) < 4.78 is 0. The Labute approximate surface area is 92.6 Å². The van der Waals surface area contributed by atoms with Crippen molar-refractivity contribution in [1.29, 1.82) is 0 Å². The smallest absolute Gasteiger partial charge is 0.274 e. The number of hydroxylamine groups is 1. The van der Waals surface area contributed by atoms with Crippen LogP contribution < -0.4 is 16.5 Å². The van der Waals surface area contributed by atoms with E-state index in [1.165, 1.54) is 7.11 Å². The third-order valence-electron chi connectivity index (χ3n) is 1.61. The van der Waals surface area contributed by atoms with E-state index < -0.39 is 0 Å². The molecule has 0 saturated carbocycles. The number of hydrogen-bond donors (Lipinski definition) is 3. The third kappa shape index (κ3) is 3.53. The van der Waals surface area contributed by atoms with Gasteiger partial charge in [-0.15, -0.1) is 0 Å². The number of hydrogen-bond acceptors (Lipinski definition) is 3. The second kappa shape index (κ2) is 5.28. The average Bonchev–Trinajstić information content (AvgIpc) is 2.18. The standard InChI is InChI=1S/C9H11N3O2S/c1-14-12-8(13)6-2-4-7(5-3-6)11-9(10)15/h2-5H,1H3,(H,12,13)(H3,10,11,15). The fraction of sp³-hybridized carbons (Fsp3) is 0.111. The van der Waals surface area contributed by atoms with Crippen LogP contribution in [-0.4, -0.2) is 18.1 Å². The van der Waals surface area contributed by atoms with Crippen molar-refractivity contribution in [3.63, 3.8) is 0 Å². The Morgan fingerprint density at radius 2 is 2.00 bits per heavy atom. The Bertz CT molecular complexity index is 364. The summed E-state index contributed by atoms with van der Waals surface area (Å²) in [6, 6.07) is 6.66. The summed E-state index contributed by atoms with van der Waals surface area (Å²) in [5.74, 6) is -0.306. The molecule has 15 heavy (non-hydrogen) atoms. The maximum absolute atomic E-state index is 11.3. The van der Waals surface area contributed by atoms with Gasteiger partial charge in [0, 0.05) is 11.3 Å². The van der Waals surface area contributed by atoms with Crippen LogP contribution in [0.1, 0.15) is 10.4 Å². The number of carbonyl (C=O) groups excluding carboxylic acids is 1. The normalized spacial score (nSPS) is 9.40. The number of thiocarbonyl (C=S) groups is 1. The predicted octanol–water partition coefficient (Wildman–Crippen LogP) is 0.633. The van der Waals surface area contributed by atoms with Gasteiger partial charge in [-0.1, -0.05) is 0 Å². The second-order valence-electron chi connectivity index (χ2n) is 2.70. The lowest BCUT2D eigenvalue weighted by atomic mass is 10.2. The van der Waals surface area contributed by atoms with Crippen molar-refractivity contribution in [2.75, 3.05) is 12.4 Å². The first-order chi connectivity index (χ1) is 7.13. The summed E-state index contributed by atoms with van der Waals surface area (Å²) in [6.07, 6.45) is 0. The zero-order chi connectivity index (χ0) is 11.3. The van der Waals surface area contributed by atoms with Crippen LogP contribution in [0.3, 0.4) is 0 Å². The van der Waals surface area contributed by atoms with E-state index in [9.17, 15) is 4.79 Å². The third-order valence-corrected chi connectivity index (χ3v) is 1.71. The van der Waals surface area contributed by atoms with E-state index in [4.69, 9.17) is 5.73 Å². The number of amides is 1. The largest absolute Gasteiger partial charge is 0.376 e. The van der Waals surface area contributed by atoms with E-state index in [1.54, 1.807) is 24.3 Å². The van der Waals surface area contributed by atoms with Crippen LogP contribution in [-0.2, 0) is 4.84 Å². The predicted molar refractivity (Wildman–Crippen MR) is 61.3 cm³/mol. The molecule has 0 fully saturated rings. The molecule has 0 aromatic heterocycles. The van der Waals surface area contributed by atoms with Crippen molar-refractivity contribution in [2.24, 2.45) is 5.73 Å². The summed E-state index contributed by atoms with van der Waals surface area (Å²) in [5.41, 5.74) is 8.73. The Hall–Kier alpha value is -1.66. The van der Waals surface area contributed by atoms with Crippen LogP contribution in [0, 0.1) is 0 Å². The van der Waals surface area contributed by atoms with E-state index in [2.05, 4.69) is 27.9 Å². The highest BCUT2D eigenvalue weighted by atomic mass is 32.1. The summed E-state index contributed by atoms with van der Waals surface area (Å²) in [4.78, 5) is 15.8. The van der Waals surface area contributed by atoms with Crippen LogP contribution in [0.5, 0.6) is 0 Å². The highest BCUT2D eigenvalue weighted by Gasteiger charge is 2.03. The van der Waals surface area contributed by atoms with Gasteiger partial charge in [-0.05, 0) is 36.5 Å². The van der Waals surface area contributed by atoms with E-state index in [1.807, 2.05) is 0 Å². The Morgan fingerprint density at radius 3 is 2.47 bits per heavy atom. The molecule has 0 bridgehead atoms. The summed E-state index contributed by atoms with van der Waals surface area (Å²) in [6.45, 7) is 0. The lowest BCUT2D eigenvalue weighted by molar-refractivity contribution is 0.0537. The molecular formula is C9H11N3O2S. The van der Waals surface area contributed by atoms with Crippen molar-refractivity contribution < 1.29 is 9.63 Å². The van der Waals surface area contributed by atoms with Gasteiger partial charge in [0.05, 0.1) is 7.11 Å². The van der Waals surface area contributed by atoms with Gasteiger partial charge >= 0.3 is 0 Å². The fourth-order valence-corrected chi connectivity index (χ4v) is 1.12. The first kappa shape index (κ1) is 11.4. The summed E-state index contributed by atoms with van der Waals surface area (Å²) >= 11 is 4.67. The SMILES string of the molecule is CONC(=O)c1ccc(NC(N)=S)cc1. The van der Waals surface area contributed by atoms with E-state index in [-0.39, 0.29) is 11.0 Å². The molecule has 1 amide bonds. The zero-order valence-electron chi connectivity index (χ0n) is 8.11. The van der Waals surface area contributed by atoms with Gasteiger partial charge in [-0.2, -0.15) is 0 Å². The average molecular weight is 225 g/mol. The van der Waals surface area contributed by atoms with Crippen molar-refractivity contribution in [2.45, 2.75) is 0 Å². The molecule has 0 radical (unpaired) electrons. The lowest BCUT2D eigenvalue weighted by Crippen LogP contribution is -2.22. The molecule has 0 aliphatic carbocycles. The minimum atomic E-state index is -0.306. The first-order valence-corrected chi connectivity index (χ1v) is 4.54. The second-order valence-corrected chi connectivity index (χ2v) is 3.14. The topological polar surface area (TPSA) is 76.4 Å². The van der Waals surface area contributed by atoms with Gasteiger partial charge in [0.25, 0.3) is 5.91 Å². The molecule has 0 saturated heterocycles. The summed E-state index contributed by atoms with van der Waals surface area (Å²) in [7, 11) is 1.38. The number of carbonyl (C=O) groups is 1. The number of anilines is 1. The number of rotatable bonds is 3. The highest BCUT2D eigenvalue weighted by molar-refractivity contribution is 7.80. The molecule has 1 aromatic rings. The molecule has 4 N–H and O–H groups in total. The van der Waals surface area contributed by atoms with Gasteiger partial charge < -0.3 is 11.1 Å². The van der Waals surface area contributed by atoms with Crippen LogP contribution >= 0.6 is 12.2 Å². The van der Waals surface area contributed by atoms with E-state index in [0.717, 1.165) is 5.69 Å². The zero-order valence-corrected chi connectivity index (χ0v) is 8.93. The first-order valence-electron chi connectivity index (χ1n) is 4.13. The molecule has 0 atom stereocenters. The number of nitrogens with two attached hydrogens (primary N) is 1. The molecule has 6 heteroatoms. The van der Waals surface area contributed by atoms with Gasteiger partial charge in [0.2, 0.25) is 0 Å². The van der Waals surface area contributed by atoms with Gasteiger partial charge in [-0.3, -0.25) is 9.63 Å². The van der Waals surface area contributed by atoms with Crippen molar-refractivity contribution >= 4 is 28.9 Å². The van der Waals surface area contributed by atoms with Gasteiger partial charge in [0.15, 0.2) is 5.11 Å². The van der Waals surface area contributed by atoms with Crippen LogP contribution in [0.15, 0.2) is 24.3 Å². The molecule has 0 aliphatic rings. The molecule has 5 nitrogen and oxygen atoms in total. The van der Waals surface area contributed by atoms with Gasteiger partial charge in [0.1, 0.15) is 0 Å². The van der Waals surface area contributed by atoms with Crippen LogP contribution in [0.25, 0.3) is 0 Å². The van der Waals surface area contributed by atoms with Crippen molar-refractivity contribution in [3.8, 4) is 0 Å². The Kier molecular flexibility index (Phi) is 4.02. The molecule has 80 valence electrons. The molecule has 0 unspecified atom stereocenters.